The molecule has 3 aromatic rings. The Labute approximate surface area is 146 Å². The molecular formula is C19H12Br2O. The minimum Gasteiger partial charge on any atom is -0.457 e. The predicted octanol–water partition coefficient (Wildman–Crippen LogP) is 6.50. The summed E-state index contributed by atoms with van der Waals surface area (Å²) in [6.07, 6.45) is 0. The monoisotopic (exact) mass is 414 g/mol. The van der Waals surface area contributed by atoms with Gasteiger partial charge in [0.15, 0.2) is 0 Å². The average molecular weight is 416 g/mol. The summed E-state index contributed by atoms with van der Waals surface area (Å²) in [5, 5.41) is 0. The summed E-state index contributed by atoms with van der Waals surface area (Å²) in [5.74, 6) is 2.04. The van der Waals surface area contributed by atoms with Gasteiger partial charge in [-0.05, 0) is 35.9 Å². The Morgan fingerprint density at radius 3 is 1.73 bits per heavy atom. The van der Waals surface area contributed by atoms with Crippen molar-refractivity contribution in [2.24, 2.45) is 0 Å². The summed E-state index contributed by atoms with van der Waals surface area (Å²) in [4.78, 5) is 0. The molecule has 0 N–H and O–H groups in total. The maximum atomic E-state index is 6.07. The third-order valence-electron chi connectivity index (χ3n) is 3.90. The van der Waals surface area contributed by atoms with Crippen LogP contribution in [0, 0.1) is 0 Å². The molecule has 0 aliphatic carbocycles. The second-order valence-electron chi connectivity index (χ2n) is 5.31. The largest absolute Gasteiger partial charge is 0.457 e. The number of fused-ring (bicyclic) bond motifs is 2. The van der Waals surface area contributed by atoms with E-state index in [-0.39, 0.29) is 5.92 Å². The summed E-state index contributed by atoms with van der Waals surface area (Å²) in [5.41, 5.74) is 3.64. The minimum atomic E-state index is 0.176. The fraction of sp³-hybridized carbons (Fsp3) is 0.0526. The summed E-state index contributed by atoms with van der Waals surface area (Å²) in [6, 6.07) is 22.9. The third kappa shape index (κ3) is 2.38. The van der Waals surface area contributed by atoms with Crippen LogP contribution in [0.15, 0.2) is 75.7 Å². The van der Waals surface area contributed by atoms with E-state index in [0.29, 0.717) is 0 Å². The van der Waals surface area contributed by atoms with Gasteiger partial charge in [0.2, 0.25) is 0 Å². The smallest absolute Gasteiger partial charge is 0.131 e. The van der Waals surface area contributed by atoms with Gasteiger partial charge < -0.3 is 4.74 Å². The van der Waals surface area contributed by atoms with Gasteiger partial charge in [-0.1, -0.05) is 68.3 Å². The molecule has 4 rings (SSSR count). The zero-order valence-corrected chi connectivity index (χ0v) is 14.8. The first-order valence-corrected chi connectivity index (χ1v) is 8.62. The van der Waals surface area contributed by atoms with Gasteiger partial charge in [0.1, 0.15) is 11.5 Å². The molecule has 1 aliphatic rings. The fourth-order valence-electron chi connectivity index (χ4n) is 3.01. The third-order valence-corrected chi connectivity index (χ3v) is 4.81. The van der Waals surface area contributed by atoms with Gasteiger partial charge in [-0.3, -0.25) is 0 Å². The predicted molar refractivity (Wildman–Crippen MR) is 95.7 cm³/mol. The lowest BCUT2D eigenvalue weighted by Gasteiger charge is -2.28. The van der Waals surface area contributed by atoms with Gasteiger partial charge >= 0.3 is 0 Å². The van der Waals surface area contributed by atoms with Crippen molar-refractivity contribution in [2.75, 3.05) is 0 Å². The summed E-state index contributed by atoms with van der Waals surface area (Å²) in [7, 11) is 0. The quantitative estimate of drug-likeness (QED) is 0.344. The molecule has 1 aliphatic heterocycles. The van der Waals surface area contributed by atoms with E-state index in [4.69, 9.17) is 4.74 Å². The molecule has 3 heteroatoms. The molecule has 22 heavy (non-hydrogen) atoms. The summed E-state index contributed by atoms with van der Waals surface area (Å²) < 4.78 is 8.20. The van der Waals surface area contributed by atoms with E-state index < -0.39 is 0 Å². The first kappa shape index (κ1) is 14.0. The molecule has 0 aromatic heterocycles. The van der Waals surface area contributed by atoms with Crippen molar-refractivity contribution in [2.45, 2.75) is 5.92 Å². The van der Waals surface area contributed by atoms with Crippen LogP contribution >= 0.6 is 31.9 Å². The molecule has 0 atom stereocenters. The SMILES string of the molecule is Brc1cc(Br)cc(C2c3ccccc3Oc3ccccc32)c1. The summed E-state index contributed by atoms with van der Waals surface area (Å²) >= 11 is 7.20. The highest BCUT2D eigenvalue weighted by Gasteiger charge is 2.28. The molecule has 0 radical (unpaired) electrons. The Hall–Kier alpha value is -1.58. The Morgan fingerprint density at radius 2 is 1.18 bits per heavy atom. The van der Waals surface area contributed by atoms with Gasteiger partial charge in [0.05, 0.1) is 0 Å². The first-order valence-electron chi connectivity index (χ1n) is 7.04. The van der Waals surface area contributed by atoms with Crippen LogP contribution in [-0.4, -0.2) is 0 Å². The van der Waals surface area contributed by atoms with Gasteiger partial charge in [-0.15, -0.1) is 0 Å². The van der Waals surface area contributed by atoms with Crippen molar-refractivity contribution < 1.29 is 4.74 Å². The van der Waals surface area contributed by atoms with E-state index in [1.807, 2.05) is 24.3 Å². The van der Waals surface area contributed by atoms with E-state index in [1.165, 1.54) is 16.7 Å². The number of ether oxygens (including phenoxy) is 1. The lowest BCUT2D eigenvalue weighted by molar-refractivity contribution is 0.453. The average Bonchev–Trinajstić information content (AvgIpc) is 2.51. The Morgan fingerprint density at radius 1 is 0.682 bits per heavy atom. The standard InChI is InChI=1S/C19H12Br2O/c20-13-9-12(10-14(21)11-13)19-15-5-1-3-7-17(15)22-18-8-4-2-6-16(18)19/h1-11,19H. The normalized spacial score (nSPS) is 13.2. The number of para-hydroxylation sites is 2. The molecule has 1 nitrogen and oxygen atoms in total. The maximum Gasteiger partial charge on any atom is 0.131 e. The number of benzene rings is 3. The lowest BCUT2D eigenvalue weighted by Crippen LogP contribution is -2.11. The molecule has 0 spiro atoms. The van der Waals surface area contributed by atoms with Crippen molar-refractivity contribution in [3.05, 3.63) is 92.4 Å². The number of hydrogen-bond donors (Lipinski definition) is 0. The highest BCUT2D eigenvalue weighted by molar-refractivity contribution is 9.11. The van der Waals surface area contributed by atoms with Crippen LogP contribution in [0.5, 0.6) is 11.5 Å². The van der Waals surface area contributed by atoms with Gasteiger partial charge in [0.25, 0.3) is 0 Å². The molecule has 0 bridgehead atoms. The van der Waals surface area contributed by atoms with Crippen LogP contribution < -0.4 is 4.74 Å². The van der Waals surface area contributed by atoms with E-state index >= 15 is 0 Å². The topological polar surface area (TPSA) is 9.23 Å². The zero-order valence-electron chi connectivity index (χ0n) is 11.6. The maximum absolute atomic E-state index is 6.07. The zero-order chi connectivity index (χ0) is 15.1. The molecule has 108 valence electrons. The van der Waals surface area contributed by atoms with Crippen LogP contribution in [0.25, 0.3) is 0 Å². The first-order chi connectivity index (χ1) is 10.7. The van der Waals surface area contributed by atoms with Gasteiger partial charge in [0, 0.05) is 26.0 Å². The highest BCUT2D eigenvalue weighted by Crippen LogP contribution is 2.47. The molecule has 0 fully saturated rings. The molecule has 0 saturated carbocycles. The summed E-state index contributed by atoms with van der Waals surface area (Å²) in [6.45, 7) is 0. The van der Waals surface area contributed by atoms with Crippen molar-refractivity contribution in [3.8, 4) is 11.5 Å². The molecule has 1 heterocycles. The minimum absolute atomic E-state index is 0.176. The van der Waals surface area contributed by atoms with E-state index in [0.717, 1.165) is 20.4 Å². The van der Waals surface area contributed by atoms with E-state index in [9.17, 15) is 0 Å². The molecule has 0 unspecified atom stereocenters. The van der Waals surface area contributed by atoms with Crippen LogP contribution in [0.4, 0.5) is 0 Å². The molecule has 0 saturated heterocycles. The molecular weight excluding hydrogens is 404 g/mol. The van der Waals surface area contributed by atoms with Crippen LogP contribution in [-0.2, 0) is 0 Å². The van der Waals surface area contributed by atoms with Crippen molar-refractivity contribution in [1.82, 2.24) is 0 Å². The second-order valence-corrected chi connectivity index (χ2v) is 7.14. The number of hydrogen-bond acceptors (Lipinski definition) is 1. The van der Waals surface area contributed by atoms with Crippen molar-refractivity contribution in [1.29, 1.82) is 0 Å². The molecule has 3 aromatic carbocycles. The Bertz CT molecular complexity index is 792. The van der Waals surface area contributed by atoms with Crippen LogP contribution in [0.3, 0.4) is 0 Å². The fourth-order valence-corrected chi connectivity index (χ4v) is 4.34. The van der Waals surface area contributed by atoms with E-state index in [2.05, 4.69) is 74.3 Å². The second kappa shape index (κ2) is 5.56. The van der Waals surface area contributed by atoms with Crippen LogP contribution in [0.2, 0.25) is 0 Å². The van der Waals surface area contributed by atoms with Crippen molar-refractivity contribution in [3.63, 3.8) is 0 Å². The molecule has 0 amide bonds. The number of rotatable bonds is 1. The lowest BCUT2D eigenvalue weighted by atomic mass is 9.83. The van der Waals surface area contributed by atoms with Crippen molar-refractivity contribution >= 4 is 31.9 Å². The van der Waals surface area contributed by atoms with E-state index in [1.54, 1.807) is 0 Å². The Kier molecular flexibility index (Phi) is 3.55. The highest BCUT2D eigenvalue weighted by atomic mass is 79.9. The van der Waals surface area contributed by atoms with Crippen LogP contribution in [0.1, 0.15) is 22.6 Å². The van der Waals surface area contributed by atoms with Gasteiger partial charge in [-0.2, -0.15) is 0 Å². The Balaban J connectivity index is 1.98. The number of halogens is 2. The van der Waals surface area contributed by atoms with Gasteiger partial charge in [-0.25, -0.2) is 0 Å².